The first-order chi connectivity index (χ1) is 20.2. The minimum Gasteiger partial charge on any atom is -0.427 e. The fourth-order valence-corrected chi connectivity index (χ4v) is 8.44. The molecule has 42 heavy (non-hydrogen) atoms. The summed E-state index contributed by atoms with van der Waals surface area (Å²) in [4.78, 5) is 33.8. The average molecular weight is 609 g/mol. The maximum absolute atomic E-state index is 13.2. The van der Waals surface area contributed by atoms with E-state index in [9.17, 15) is 19.6 Å². The number of ether oxygens (including phenoxy) is 1. The van der Waals surface area contributed by atoms with Gasteiger partial charge in [-0.3, -0.25) is 19.5 Å². The summed E-state index contributed by atoms with van der Waals surface area (Å²) in [6.45, 7) is 2.85. The molecule has 11 nitrogen and oxygen atoms in total. The SMILES string of the molecule is COC1CCC2C(C1)C(C1CCC(Cl)CC1)=N[C@@H](CC(=O)NCCNC(=O)C1CCCC(B(O)O)C1)C1NNC(C)N21. The Morgan fingerprint density at radius 2 is 1.81 bits per heavy atom. The Morgan fingerprint density at radius 3 is 2.55 bits per heavy atom. The molecule has 13 heteroatoms. The van der Waals surface area contributed by atoms with E-state index in [-0.39, 0.29) is 59.8 Å². The Bertz CT molecular complexity index is 969. The van der Waals surface area contributed by atoms with Gasteiger partial charge < -0.3 is 25.4 Å². The van der Waals surface area contributed by atoms with E-state index in [0.717, 1.165) is 64.2 Å². The van der Waals surface area contributed by atoms with Crippen molar-refractivity contribution < 1.29 is 24.4 Å². The van der Waals surface area contributed by atoms with E-state index in [0.29, 0.717) is 37.4 Å². The molecule has 8 atom stereocenters. The summed E-state index contributed by atoms with van der Waals surface area (Å²) < 4.78 is 5.85. The molecule has 5 aliphatic rings. The summed E-state index contributed by atoms with van der Waals surface area (Å²) in [7, 11) is 0.430. The number of alkyl halides is 1. The lowest BCUT2D eigenvalue weighted by molar-refractivity contribution is -0.126. The van der Waals surface area contributed by atoms with Crippen LogP contribution in [0, 0.1) is 17.8 Å². The molecule has 0 bridgehead atoms. The van der Waals surface area contributed by atoms with Gasteiger partial charge in [-0.2, -0.15) is 0 Å². The normalized spacial score (nSPS) is 38.9. The second kappa shape index (κ2) is 14.7. The van der Waals surface area contributed by atoms with E-state index in [1.165, 1.54) is 5.71 Å². The molecule has 2 aliphatic heterocycles. The molecule has 7 unspecified atom stereocenters. The number of hydrazine groups is 1. The standard InChI is InChI=1S/C29H50BClN6O5/c1-17-35-36-28-24(16-26(38)32-12-13-33-29(39)19-4-3-5-20(14-19)30(40)41)34-27(18-6-8-21(31)9-7-18)23-15-22(42-2)10-11-25(23)37(17)28/h17-25,28,35-36,40-41H,3-16H2,1-2H3,(H,32,38)(H,33,39)/t17?,18?,19?,20?,21?,22?,23?,24-,25?,28?/m0/s1. The van der Waals surface area contributed by atoms with E-state index in [4.69, 9.17) is 21.3 Å². The van der Waals surface area contributed by atoms with Crippen LogP contribution < -0.4 is 21.5 Å². The number of hydrogen-bond acceptors (Lipinski definition) is 9. The van der Waals surface area contributed by atoms with Crippen LogP contribution in [0.3, 0.4) is 0 Å². The van der Waals surface area contributed by atoms with Gasteiger partial charge in [-0.05, 0) is 76.4 Å². The van der Waals surface area contributed by atoms with Crippen molar-refractivity contribution in [2.45, 2.75) is 126 Å². The summed E-state index contributed by atoms with van der Waals surface area (Å²) in [5.74, 6) is 0.0460. The van der Waals surface area contributed by atoms with Crippen molar-refractivity contribution in [1.82, 2.24) is 26.4 Å². The predicted molar refractivity (Wildman–Crippen MR) is 163 cm³/mol. The number of fused-ring (bicyclic) bond motifs is 3. The summed E-state index contributed by atoms with van der Waals surface area (Å²) in [5.41, 5.74) is 8.13. The molecule has 1 saturated heterocycles. The number of nitrogens with one attached hydrogen (secondary N) is 4. The Balaban J connectivity index is 1.22. The number of rotatable bonds is 9. The highest BCUT2D eigenvalue weighted by molar-refractivity contribution is 6.43. The fraction of sp³-hybridized carbons (Fsp3) is 0.897. The summed E-state index contributed by atoms with van der Waals surface area (Å²) >= 11 is 6.49. The highest BCUT2D eigenvalue weighted by Crippen LogP contribution is 2.42. The third kappa shape index (κ3) is 7.50. The molecule has 2 heterocycles. The van der Waals surface area contributed by atoms with Gasteiger partial charge >= 0.3 is 7.12 Å². The lowest BCUT2D eigenvalue weighted by Gasteiger charge is -2.44. The Morgan fingerprint density at radius 1 is 1.05 bits per heavy atom. The molecule has 236 valence electrons. The van der Waals surface area contributed by atoms with Crippen molar-refractivity contribution >= 4 is 36.2 Å². The van der Waals surface area contributed by atoms with Crippen LogP contribution in [0.2, 0.25) is 5.82 Å². The molecule has 4 fully saturated rings. The number of hydrogen-bond donors (Lipinski definition) is 6. The number of amides is 2. The zero-order valence-electron chi connectivity index (χ0n) is 25.1. The Labute approximate surface area is 255 Å². The fourth-order valence-electron chi connectivity index (χ4n) is 8.19. The predicted octanol–water partition coefficient (Wildman–Crippen LogP) is 1.53. The van der Waals surface area contributed by atoms with Crippen molar-refractivity contribution in [3.05, 3.63) is 0 Å². The minimum atomic E-state index is -1.38. The second-order valence-corrected chi connectivity index (χ2v) is 13.8. The third-order valence-corrected chi connectivity index (χ3v) is 10.9. The van der Waals surface area contributed by atoms with Crippen LogP contribution in [-0.2, 0) is 14.3 Å². The molecule has 0 aromatic carbocycles. The van der Waals surface area contributed by atoms with Gasteiger partial charge in [0.25, 0.3) is 0 Å². The van der Waals surface area contributed by atoms with Crippen LogP contribution in [0.5, 0.6) is 0 Å². The van der Waals surface area contributed by atoms with Gasteiger partial charge in [-0.1, -0.05) is 12.8 Å². The maximum Gasteiger partial charge on any atom is 0.454 e. The molecular formula is C29H50BClN6O5. The molecule has 0 aromatic heterocycles. The molecule has 0 radical (unpaired) electrons. The number of carbonyl (C=O) groups excluding carboxylic acids is 2. The van der Waals surface area contributed by atoms with Crippen molar-refractivity contribution in [2.24, 2.45) is 22.7 Å². The van der Waals surface area contributed by atoms with Crippen LogP contribution in [0.25, 0.3) is 0 Å². The van der Waals surface area contributed by atoms with Crippen molar-refractivity contribution in [1.29, 1.82) is 0 Å². The number of aliphatic imine (C=N–C) groups is 1. The van der Waals surface area contributed by atoms with Crippen molar-refractivity contribution in [3.8, 4) is 0 Å². The van der Waals surface area contributed by atoms with E-state index >= 15 is 0 Å². The summed E-state index contributed by atoms with van der Waals surface area (Å²) in [6.07, 6.45) is 10.4. The van der Waals surface area contributed by atoms with Crippen LogP contribution >= 0.6 is 11.6 Å². The second-order valence-electron chi connectivity index (χ2n) is 13.2. The first kappa shape index (κ1) is 32.1. The highest BCUT2D eigenvalue weighted by atomic mass is 35.5. The molecule has 0 aromatic rings. The monoisotopic (exact) mass is 608 g/mol. The highest BCUT2D eigenvalue weighted by Gasteiger charge is 2.50. The van der Waals surface area contributed by atoms with Crippen molar-refractivity contribution in [2.75, 3.05) is 20.2 Å². The Hall–Kier alpha value is -1.28. The zero-order valence-corrected chi connectivity index (χ0v) is 25.9. The number of carbonyl (C=O) groups is 2. The smallest absolute Gasteiger partial charge is 0.427 e. The zero-order chi connectivity index (χ0) is 29.8. The van der Waals surface area contributed by atoms with E-state index in [1.54, 1.807) is 0 Å². The first-order valence-corrected chi connectivity index (χ1v) is 16.6. The van der Waals surface area contributed by atoms with Gasteiger partial charge in [-0.15, -0.1) is 11.6 Å². The van der Waals surface area contributed by atoms with Crippen LogP contribution in [0.1, 0.15) is 84.0 Å². The molecular weight excluding hydrogens is 559 g/mol. The van der Waals surface area contributed by atoms with Gasteiger partial charge in [0.2, 0.25) is 11.8 Å². The quantitative estimate of drug-likeness (QED) is 0.131. The van der Waals surface area contributed by atoms with Gasteiger partial charge in [0.1, 0.15) is 0 Å². The molecule has 5 rings (SSSR count). The number of halogens is 1. The van der Waals surface area contributed by atoms with Gasteiger partial charge in [0, 0.05) is 49.2 Å². The molecule has 3 aliphatic carbocycles. The molecule has 2 amide bonds. The van der Waals surface area contributed by atoms with Crippen LogP contribution in [0.15, 0.2) is 4.99 Å². The molecule has 3 saturated carbocycles. The maximum atomic E-state index is 13.2. The minimum absolute atomic E-state index is 0.0797. The van der Waals surface area contributed by atoms with Crippen molar-refractivity contribution in [3.63, 3.8) is 0 Å². The van der Waals surface area contributed by atoms with E-state index in [1.807, 2.05) is 7.11 Å². The average Bonchev–Trinajstić information content (AvgIpc) is 3.32. The van der Waals surface area contributed by atoms with E-state index in [2.05, 4.69) is 33.3 Å². The van der Waals surface area contributed by atoms with Crippen LogP contribution in [0.4, 0.5) is 0 Å². The number of nitrogens with zero attached hydrogens (tertiary/aromatic N) is 2. The number of methoxy groups -OCH3 is 1. The third-order valence-electron chi connectivity index (χ3n) is 10.5. The van der Waals surface area contributed by atoms with Gasteiger partial charge in [0.05, 0.1) is 30.9 Å². The lowest BCUT2D eigenvalue weighted by Crippen LogP contribution is -2.55. The van der Waals surface area contributed by atoms with Gasteiger partial charge in [0.15, 0.2) is 0 Å². The Kier molecular flexibility index (Phi) is 11.2. The summed E-state index contributed by atoms with van der Waals surface area (Å²) in [6, 6.07) is 0.0948. The van der Waals surface area contributed by atoms with E-state index < -0.39 is 7.12 Å². The summed E-state index contributed by atoms with van der Waals surface area (Å²) in [5, 5.41) is 25.2. The molecule has 0 spiro atoms. The van der Waals surface area contributed by atoms with Gasteiger partial charge in [-0.25, -0.2) is 10.9 Å². The lowest BCUT2D eigenvalue weighted by atomic mass is 9.62. The van der Waals surface area contributed by atoms with Crippen LogP contribution in [-0.4, -0.2) is 95.7 Å². The largest absolute Gasteiger partial charge is 0.454 e. The molecule has 6 N–H and O–H groups in total. The topological polar surface area (TPSA) is 148 Å². The first-order valence-electron chi connectivity index (χ1n) is 16.2.